The predicted molar refractivity (Wildman–Crippen MR) is 155 cm³/mol. The van der Waals surface area contributed by atoms with Crippen molar-refractivity contribution < 1.29 is 14.3 Å². The number of anilines is 1. The van der Waals surface area contributed by atoms with Crippen molar-refractivity contribution in [2.75, 3.05) is 5.32 Å². The number of aromatic amines is 1. The molecule has 5 atom stereocenters. The van der Waals surface area contributed by atoms with Crippen molar-refractivity contribution in [3.05, 3.63) is 47.3 Å². The van der Waals surface area contributed by atoms with E-state index in [1.54, 1.807) is 6.20 Å². The first-order valence-corrected chi connectivity index (χ1v) is 14.4. The lowest BCUT2D eigenvalue weighted by atomic mass is 9.76. The Labute approximate surface area is 236 Å². The third-order valence-corrected chi connectivity index (χ3v) is 9.24. The molecule has 3 saturated heterocycles. The van der Waals surface area contributed by atoms with Crippen LogP contribution in [0.1, 0.15) is 107 Å². The van der Waals surface area contributed by atoms with Crippen LogP contribution in [0.15, 0.2) is 29.4 Å². The highest BCUT2D eigenvalue weighted by atomic mass is 16.8. The van der Waals surface area contributed by atoms with E-state index < -0.39 is 5.79 Å². The van der Waals surface area contributed by atoms with Gasteiger partial charge in [0.15, 0.2) is 11.6 Å². The maximum absolute atomic E-state index is 13.2. The number of aromatic nitrogens is 3. The van der Waals surface area contributed by atoms with Crippen molar-refractivity contribution in [2.24, 2.45) is 10.4 Å². The highest BCUT2D eigenvalue weighted by Gasteiger charge is 2.67. The molecule has 40 heavy (non-hydrogen) atoms. The van der Waals surface area contributed by atoms with E-state index in [1.807, 2.05) is 19.9 Å². The molecule has 3 aliphatic heterocycles. The van der Waals surface area contributed by atoms with Gasteiger partial charge in [-0.1, -0.05) is 19.9 Å². The molecule has 0 unspecified atom stereocenters. The van der Waals surface area contributed by atoms with Gasteiger partial charge >= 0.3 is 0 Å². The number of pyridine rings is 1. The van der Waals surface area contributed by atoms with Crippen LogP contribution in [-0.2, 0) is 16.0 Å². The molecule has 1 aliphatic carbocycles. The quantitative estimate of drug-likeness (QED) is 0.420. The Hall–Kier alpha value is -2.88. The number of carbonyl (C=O) groups excluding carboxylic acids is 1. The summed E-state index contributed by atoms with van der Waals surface area (Å²) in [6.45, 7) is 17.0. The van der Waals surface area contributed by atoms with E-state index in [0.717, 1.165) is 43.5 Å². The third kappa shape index (κ3) is 4.82. The molecule has 2 bridgehead atoms. The van der Waals surface area contributed by atoms with Crippen LogP contribution in [0.3, 0.4) is 0 Å². The van der Waals surface area contributed by atoms with Gasteiger partial charge in [-0.25, -0.2) is 4.98 Å². The van der Waals surface area contributed by atoms with Gasteiger partial charge in [-0.05, 0) is 89.6 Å². The summed E-state index contributed by atoms with van der Waals surface area (Å²) in [6, 6.07) is 4.09. The Morgan fingerprint density at radius 3 is 2.42 bits per heavy atom. The van der Waals surface area contributed by atoms with Crippen molar-refractivity contribution in [1.82, 2.24) is 20.3 Å². The Balaban J connectivity index is 1.32. The molecule has 4 aliphatic rings. The van der Waals surface area contributed by atoms with E-state index in [4.69, 9.17) is 14.5 Å². The lowest BCUT2D eigenvalue weighted by molar-refractivity contribution is -0.172. The molecule has 2 aromatic rings. The van der Waals surface area contributed by atoms with Gasteiger partial charge in [-0.2, -0.15) is 0 Å². The zero-order valence-corrected chi connectivity index (χ0v) is 24.6. The van der Waals surface area contributed by atoms with Gasteiger partial charge in [0.05, 0.1) is 23.6 Å². The van der Waals surface area contributed by atoms with E-state index in [2.05, 4.69) is 72.1 Å². The van der Waals surface area contributed by atoms with Crippen LogP contribution in [0.5, 0.6) is 0 Å². The van der Waals surface area contributed by atoms with Crippen LogP contribution >= 0.6 is 0 Å². The second-order valence-corrected chi connectivity index (χ2v) is 13.8. The van der Waals surface area contributed by atoms with Gasteiger partial charge in [-0.15, -0.1) is 0 Å². The van der Waals surface area contributed by atoms with Crippen molar-refractivity contribution >= 4 is 23.9 Å². The average molecular weight is 547 g/mol. The first kappa shape index (κ1) is 27.3. The highest BCUT2D eigenvalue weighted by Crippen LogP contribution is 2.54. The minimum Gasteiger partial charge on any atom is -0.343 e. The summed E-state index contributed by atoms with van der Waals surface area (Å²) < 4.78 is 12.8. The fourth-order valence-corrected chi connectivity index (χ4v) is 7.32. The summed E-state index contributed by atoms with van der Waals surface area (Å²) in [7, 11) is 0. The molecule has 9 nitrogen and oxygen atoms in total. The Kier molecular flexibility index (Phi) is 6.36. The molecule has 0 saturated carbocycles. The monoisotopic (exact) mass is 546 g/mol. The summed E-state index contributed by atoms with van der Waals surface area (Å²) in [5, 5.41) is 6.95. The first-order valence-electron chi connectivity index (χ1n) is 14.4. The standard InChI is InChI=1S/C31H42N6O3/c1-28(2)12-10-18(11-13-28)23-22(36-27(38)26-33-17-20(34-26)16-32-7)9-8-21(35-23)19-14-30(5)24-25(31(6,15-19)37-30)40-29(3,4)39-24/h8-10,17,19,24-25,37H,7,11-16H2,1-6H3,(H,33,34)(H,36,38)/t19-,24-,25+,30+,31-. The molecule has 6 rings (SSSR count). The van der Waals surface area contributed by atoms with Gasteiger partial charge in [-0.3, -0.25) is 14.8 Å². The number of nitrogens with one attached hydrogen (secondary N) is 3. The number of H-pyrrole nitrogens is 1. The molecule has 0 aromatic carbocycles. The molecule has 0 spiro atoms. The second kappa shape index (κ2) is 9.33. The fourth-order valence-electron chi connectivity index (χ4n) is 7.32. The number of fused-ring (bicyclic) bond motifs is 5. The van der Waals surface area contributed by atoms with E-state index in [9.17, 15) is 4.79 Å². The van der Waals surface area contributed by atoms with E-state index in [0.29, 0.717) is 17.9 Å². The molecule has 3 fully saturated rings. The van der Waals surface area contributed by atoms with E-state index in [-0.39, 0.29) is 46.4 Å². The smallest absolute Gasteiger partial charge is 0.291 e. The van der Waals surface area contributed by atoms with Crippen LogP contribution in [0.2, 0.25) is 0 Å². The number of piperidine rings is 1. The minimum absolute atomic E-state index is 0.00621. The third-order valence-electron chi connectivity index (χ3n) is 9.24. The maximum atomic E-state index is 13.2. The van der Waals surface area contributed by atoms with E-state index >= 15 is 0 Å². The number of aliphatic imine (C=N–C) groups is 1. The Morgan fingerprint density at radius 2 is 1.80 bits per heavy atom. The summed E-state index contributed by atoms with van der Waals surface area (Å²) in [5.41, 5.74) is 4.31. The van der Waals surface area contributed by atoms with Gasteiger partial charge in [0.2, 0.25) is 0 Å². The zero-order valence-electron chi connectivity index (χ0n) is 24.6. The number of rotatable bonds is 6. The summed E-state index contributed by atoms with van der Waals surface area (Å²) in [4.78, 5) is 29.6. The molecule has 0 radical (unpaired) electrons. The molecule has 2 aromatic heterocycles. The summed E-state index contributed by atoms with van der Waals surface area (Å²) in [5.74, 6) is -0.387. The number of imidazole rings is 1. The molecular formula is C31H42N6O3. The Morgan fingerprint density at radius 1 is 1.10 bits per heavy atom. The maximum Gasteiger partial charge on any atom is 0.291 e. The van der Waals surface area contributed by atoms with Gasteiger partial charge in [0.1, 0.15) is 12.2 Å². The van der Waals surface area contributed by atoms with Crippen molar-refractivity contribution in [1.29, 1.82) is 0 Å². The molecule has 5 heterocycles. The molecule has 214 valence electrons. The van der Waals surface area contributed by atoms with Gasteiger partial charge < -0.3 is 25.1 Å². The summed E-state index contributed by atoms with van der Waals surface area (Å²) in [6.07, 6.45) is 8.76. The van der Waals surface area contributed by atoms with Crippen LogP contribution in [0.4, 0.5) is 5.69 Å². The van der Waals surface area contributed by atoms with Crippen molar-refractivity contribution in [3.63, 3.8) is 0 Å². The zero-order chi connectivity index (χ0) is 28.5. The molecule has 3 N–H and O–H groups in total. The average Bonchev–Trinajstić information content (AvgIpc) is 3.52. The second-order valence-electron chi connectivity index (χ2n) is 13.8. The number of carbonyl (C=O) groups is 1. The number of amides is 1. The predicted octanol–water partition coefficient (Wildman–Crippen LogP) is 5.37. The highest BCUT2D eigenvalue weighted by molar-refractivity contribution is 6.03. The molecule has 1 amide bonds. The normalized spacial score (nSPS) is 33.8. The first-order chi connectivity index (χ1) is 18.8. The largest absolute Gasteiger partial charge is 0.343 e. The SMILES string of the molecule is C=NCc1c[nH]c(C(=O)Nc2ccc([C@H]3C[C@@]4(C)N[C@@](C)(C3)[C@@H]3OC(C)(C)O[C@@H]34)nc2C2=CCC(C)(C)CC2)n1. The van der Waals surface area contributed by atoms with Gasteiger partial charge in [0, 0.05) is 28.9 Å². The van der Waals surface area contributed by atoms with Crippen LogP contribution < -0.4 is 10.6 Å². The Bertz CT molecular complexity index is 1350. The van der Waals surface area contributed by atoms with Gasteiger partial charge in [0.25, 0.3) is 5.91 Å². The fraction of sp³-hybridized carbons (Fsp3) is 0.613. The molecule has 9 heteroatoms. The van der Waals surface area contributed by atoms with E-state index in [1.165, 1.54) is 5.57 Å². The number of hydrogen-bond donors (Lipinski definition) is 3. The number of ether oxygens (including phenoxy) is 2. The number of nitrogens with zero attached hydrogens (tertiary/aromatic N) is 3. The minimum atomic E-state index is -0.573. The van der Waals surface area contributed by atoms with Crippen molar-refractivity contribution in [2.45, 2.75) is 115 Å². The number of allylic oxidation sites excluding steroid dienone is 2. The van der Waals surface area contributed by atoms with Crippen molar-refractivity contribution in [3.8, 4) is 0 Å². The van der Waals surface area contributed by atoms with Crippen LogP contribution in [0.25, 0.3) is 5.57 Å². The lowest BCUT2D eigenvalue weighted by Crippen LogP contribution is -2.58. The van der Waals surface area contributed by atoms with Crippen LogP contribution in [-0.4, -0.2) is 56.6 Å². The lowest BCUT2D eigenvalue weighted by Gasteiger charge is -2.44. The van der Waals surface area contributed by atoms with Crippen LogP contribution in [0, 0.1) is 5.41 Å². The topological polar surface area (TPSA) is 114 Å². The molecular weight excluding hydrogens is 504 g/mol. The number of hydrogen-bond acceptors (Lipinski definition) is 7. The summed E-state index contributed by atoms with van der Waals surface area (Å²) >= 11 is 0.